The highest BCUT2D eigenvalue weighted by Gasteiger charge is 2.27. The molecule has 124 valence electrons. The molecule has 1 N–H and O–H groups in total. The van der Waals surface area contributed by atoms with Crippen LogP contribution >= 0.6 is 0 Å². The number of hydrogen-bond donors (Lipinski definition) is 1. The molecule has 0 bridgehead atoms. The molecule has 9 heteroatoms. The Hall–Kier alpha value is -1.90. The lowest BCUT2D eigenvalue weighted by molar-refractivity contribution is -0.173. The Morgan fingerprint density at radius 2 is 1.82 bits per heavy atom. The Labute approximate surface area is 123 Å². The number of carbonyl (C=O) groups is 1. The molecule has 1 amide bonds. The fourth-order valence-electron chi connectivity index (χ4n) is 1.49. The van der Waals surface area contributed by atoms with Crippen molar-refractivity contribution in [3.8, 4) is 5.75 Å². The average molecular weight is 327 g/mol. The molecule has 0 saturated heterocycles. The van der Waals surface area contributed by atoms with Crippen LogP contribution in [0.1, 0.15) is 5.56 Å². The summed E-state index contributed by atoms with van der Waals surface area (Å²) in [6.07, 6.45) is -4.43. The van der Waals surface area contributed by atoms with E-state index in [1.807, 2.05) is 0 Å². The van der Waals surface area contributed by atoms with Crippen molar-refractivity contribution in [2.24, 2.45) is 0 Å². The number of halogens is 5. The zero-order chi connectivity index (χ0) is 16.6. The third kappa shape index (κ3) is 8.40. The second-order valence-electron chi connectivity index (χ2n) is 4.22. The van der Waals surface area contributed by atoms with Crippen LogP contribution in [0.5, 0.6) is 5.75 Å². The van der Waals surface area contributed by atoms with Crippen LogP contribution in [0.15, 0.2) is 24.3 Å². The van der Waals surface area contributed by atoms with Gasteiger partial charge in [0.25, 0.3) is 0 Å². The lowest BCUT2D eigenvalue weighted by Crippen LogP contribution is -2.30. The van der Waals surface area contributed by atoms with Gasteiger partial charge in [-0.1, -0.05) is 12.1 Å². The highest BCUT2D eigenvalue weighted by Crippen LogP contribution is 2.15. The first-order valence-electron chi connectivity index (χ1n) is 6.21. The number of benzene rings is 1. The standard InChI is InChI=1S/C13H14F5NO3/c14-12(15)22-10-3-1-9(2-4-10)7-11(20)19-5-6-21-8-13(16,17)18/h1-4,12H,5-8H2,(H,19,20). The van der Waals surface area contributed by atoms with Crippen LogP contribution in [0.2, 0.25) is 0 Å². The summed E-state index contributed by atoms with van der Waals surface area (Å²) in [5, 5.41) is 2.38. The van der Waals surface area contributed by atoms with E-state index in [0.717, 1.165) is 0 Å². The molecule has 4 nitrogen and oxygen atoms in total. The molecule has 1 rings (SSSR count). The number of nitrogens with one attached hydrogen (secondary N) is 1. The summed E-state index contributed by atoms with van der Waals surface area (Å²) in [5.74, 6) is -0.446. The van der Waals surface area contributed by atoms with E-state index in [9.17, 15) is 26.7 Å². The Kier molecular flexibility index (Phi) is 7.03. The van der Waals surface area contributed by atoms with Gasteiger partial charge in [0.05, 0.1) is 13.0 Å². The van der Waals surface area contributed by atoms with Crippen LogP contribution in [-0.2, 0) is 16.0 Å². The van der Waals surface area contributed by atoms with Gasteiger partial charge in [0, 0.05) is 6.54 Å². The van der Waals surface area contributed by atoms with Crippen LogP contribution in [0, 0.1) is 0 Å². The third-order valence-electron chi connectivity index (χ3n) is 2.35. The summed E-state index contributed by atoms with van der Waals surface area (Å²) in [4.78, 5) is 11.5. The second-order valence-corrected chi connectivity index (χ2v) is 4.22. The Morgan fingerprint density at radius 1 is 1.18 bits per heavy atom. The van der Waals surface area contributed by atoms with Crippen molar-refractivity contribution in [1.29, 1.82) is 0 Å². The summed E-state index contributed by atoms with van der Waals surface area (Å²) in [7, 11) is 0. The average Bonchev–Trinajstić information content (AvgIpc) is 2.38. The maximum atomic E-state index is 11.9. The maximum Gasteiger partial charge on any atom is 0.411 e. The summed E-state index contributed by atoms with van der Waals surface area (Å²) in [6, 6.07) is 5.47. The van der Waals surface area contributed by atoms with E-state index in [-0.39, 0.29) is 25.3 Å². The first-order chi connectivity index (χ1) is 10.3. The molecular weight excluding hydrogens is 313 g/mol. The van der Waals surface area contributed by atoms with Crippen LogP contribution < -0.4 is 10.1 Å². The van der Waals surface area contributed by atoms with Gasteiger partial charge in [-0.25, -0.2) is 0 Å². The minimum atomic E-state index is -4.40. The van der Waals surface area contributed by atoms with E-state index >= 15 is 0 Å². The number of hydrogen-bond acceptors (Lipinski definition) is 3. The van der Waals surface area contributed by atoms with Crippen molar-refractivity contribution < 1.29 is 36.2 Å². The molecule has 1 aromatic rings. The van der Waals surface area contributed by atoms with Gasteiger partial charge >= 0.3 is 12.8 Å². The predicted octanol–water partition coefficient (Wildman–Crippen LogP) is 2.53. The Bertz CT molecular complexity index is 462. The highest BCUT2D eigenvalue weighted by atomic mass is 19.4. The lowest BCUT2D eigenvalue weighted by Gasteiger charge is -2.09. The number of carbonyl (C=O) groups excluding carboxylic acids is 1. The minimum absolute atomic E-state index is 0.0280. The SMILES string of the molecule is O=C(Cc1ccc(OC(F)F)cc1)NCCOCC(F)(F)F. The molecule has 0 unspecified atom stereocenters. The monoisotopic (exact) mass is 327 g/mol. The van der Waals surface area contributed by atoms with Gasteiger partial charge in [0.15, 0.2) is 0 Å². The van der Waals surface area contributed by atoms with Crippen LogP contribution in [-0.4, -0.2) is 38.5 Å². The molecule has 0 atom stereocenters. The van der Waals surface area contributed by atoms with Gasteiger partial charge < -0.3 is 14.8 Å². The van der Waals surface area contributed by atoms with Gasteiger partial charge in [-0.15, -0.1) is 0 Å². The van der Waals surface area contributed by atoms with E-state index in [0.29, 0.717) is 5.56 Å². The number of amides is 1. The van der Waals surface area contributed by atoms with Gasteiger partial charge in [-0.2, -0.15) is 22.0 Å². The van der Waals surface area contributed by atoms with Gasteiger partial charge in [0.1, 0.15) is 12.4 Å². The van der Waals surface area contributed by atoms with Crippen molar-refractivity contribution in [2.45, 2.75) is 19.2 Å². The topological polar surface area (TPSA) is 47.6 Å². The summed E-state index contributed by atoms with van der Waals surface area (Å²) < 4.78 is 67.7. The largest absolute Gasteiger partial charge is 0.435 e. The molecule has 1 aromatic carbocycles. The van der Waals surface area contributed by atoms with E-state index in [2.05, 4.69) is 14.8 Å². The fraction of sp³-hybridized carbons (Fsp3) is 0.462. The van der Waals surface area contributed by atoms with Crippen LogP contribution in [0.4, 0.5) is 22.0 Å². The van der Waals surface area contributed by atoms with Crippen molar-refractivity contribution in [2.75, 3.05) is 19.8 Å². The highest BCUT2D eigenvalue weighted by molar-refractivity contribution is 5.78. The van der Waals surface area contributed by atoms with Gasteiger partial charge in [0.2, 0.25) is 5.91 Å². The zero-order valence-corrected chi connectivity index (χ0v) is 11.3. The molecule has 0 saturated carbocycles. The van der Waals surface area contributed by atoms with E-state index in [4.69, 9.17) is 0 Å². The predicted molar refractivity (Wildman–Crippen MR) is 66.7 cm³/mol. The molecule has 0 heterocycles. The molecular formula is C13H14F5NO3. The van der Waals surface area contributed by atoms with Crippen molar-refractivity contribution in [1.82, 2.24) is 5.32 Å². The first-order valence-corrected chi connectivity index (χ1v) is 6.21. The number of rotatable bonds is 8. The molecule has 0 aliphatic carbocycles. The van der Waals surface area contributed by atoms with Crippen molar-refractivity contribution in [3.63, 3.8) is 0 Å². The van der Waals surface area contributed by atoms with E-state index < -0.39 is 25.3 Å². The number of alkyl halides is 5. The van der Waals surface area contributed by atoms with Gasteiger partial charge in [-0.05, 0) is 17.7 Å². The fourth-order valence-corrected chi connectivity index (χ4v) is 1.49. The molecule has 0 aliphatic heterocycles. The zero-order valence-electron chi connectivity index (χ0n) is 11.3. The number of ether oxygens (including phenoxy) is 2. The smallest absolute Gasteiger partial charge is 0.411 e. The Morgan fingerprint density at radius 3 is 2.36 bits per heavy atom. The molecule has 0 fully saturated rings. The van der Waals surface area contributed by atoms with Crippen LogP contribution in [0.25, 0.3) is 0 Å². The summed E-state index contributed by atoms with van der Waals surface area (Å²) in [5.41, 5.74) is 0.551. The summed E-state index contributed by atoms with van der Waals surface area (Å²) in [6.45, 7) is -4.60. The van der Waals surface area contributed by atoms with Crippen LogP contribution in [0.3, 0.4) is 0 Å². The quantitative estimate of drug-likeness (QED) is 0.590. The third-order valence-corrected chi connectivity index (χ3v) is 2.35. The molecule has 0 aliphatic rings. The molecule has 0 radical (unpaired) electrons. The lowest BCUT2D eigenvalue weighted by atomic mass is 10.1. The Balaban J connectivity index is 2.24. The van der Waals surface area contributed by atoms with Crippen molar-refractivity contribution in [3.05, 3.63) is 29.8 Å². The maximum absolute atomic E-state index is 11.9. The second kappa shape index (κ2) is 8.52. The first kappa shape index (κ1) is 18.1. The summed E-state index contributed by atoms with van der Waals surface area (Å²) >= 11 is 0. The molecule has 22 heavy (non-hydrogen) atoms. The van der Waals surface area contributed by atoms with E-state index in [1.165, 1.54) is 24.3 Å². The minimum Gasteiger partial charge on any atom is -0.435 e. The van der Waals surface area contributed by atoms with Crippen molar-refractivity contribution >= 4 is 5.91 Å². The molecule has 0 aromatic heterocycles. The molecule has 0 spiro atoms. The van der Waals surface area contributed by atoms with Gasteiger partial charge in [-0.3, -0.25) is 4.79 Å². The van der Waals surface area contributed by atoms with E-state index in [1.54, 1.807) is 0 Å². The normalized spacial score (nSPS) is 11.5.